The number of hydrogen-bond acceptors (Lipinski definition) is 5. The Hall–Kier alpha value is -4.33. The predicted octanol–water partition coefficient (Wildman–Crippen LogP) is 3.75. The van der Waals surface area contributed by atoms with Crippen LogP contribution >= 0.6 is 0 Å². The number of imidazole rings is 1. The quantitative estimate of drug-likeness (QED) is 0.523. The van der Waals surface area contributed by atoms with Gasteiger partial charge in [-0.2, -0.15) is 0 Å². The molecule has 0 saturated carbocycles. The highest BCUT2D eigenvalue weighted by Gasteiger charge is 2.35. The smallest absolute Gasteiger partial charge is 0.231 e. The van der Waals surface area contributed by atoms with Crippen LogP contribution in [0.4, 0.5) is 11.4 Å². The van der Waals surface area contributed by atoms with Crippen LogP contribution in [0.15, 0.2) is 73.1 Å². The summed E-state index contributed by atoms with van der Waals surface area (Å²) in [5.41, 5.74) is 4.28. The first-order valence-electron chi connectivity index (χ1n) is 10.7. The van der Waals surface area contributed by atoms with Crippen molar-refractivity contribution in [3.8, 4) is 17.2 Å². The van der Waals surface area contributed by atoms with E-state index in [1.54, 1.807) is 23.4 Å². The lowest BCUT2D eigenvalue weighted by atomic mass is 10.1. The molecule has 164 valence electrons. The van der Waals surface area contributed by atoms with Crippen LogP contribution in [0.1, 0.15) is 6.42 Å². The number of hydrogen-bond donors (Lipinski definition) is 1. The van der Waals surface area contributed by atoms with Crippen molar-refractivity contribution >= 4 is 34.2 Å². The van der Waals surface area contributed by atoms with Crippen LogP contribution in [-0.2, 0) is 9.59 Å². The Kier molecular flexibility index (Phi) is 4.50. The minimum Gasteiger partial charge on any atom is -0.454 e. The van der Waals surface area contributed by atoms with Gasteiger partial charge in [0.05, 0.1) is 17.0 Å². The average Bonchev–Trinajstić information content (AvgIpc) is 3.57. The lowest BCUT2D eigenvalue weighted by molar-refractivity contribution is -0.122. The average molecular weight is 440 g/mol. The van der Waals surface area contributed by atoms with Crippen molar-refractivity contribution in [3.05, 3.63) is 73.1 Å². The number of fused-ring (bicyclic) bond motifs is 2. The second kappa shape index (κ2) is 7.67. The minimum atomic E-state index is -0.430. The molecular formula is C25H20N4O4. The first-order valence-corrected chi connectivity index (χ1v) is 10.7. The molecule has 2 aliphatic heterocycles. The number of ether oxygens (including phenoxy) is 2. The molecule has 0 aliphatic carbocycles. The third-order valence-electron chi connectivity index (χ3n) is 6.03. The maximum Gasteiger partial charge on any atom is 0.231 e. The zero-order valence-electron chi connectivity index (χ0n) is 17.6. The van der Waals surface area contributed by atoms with Crippen molar-refractivity contribution < 1.29 is 19.1 Å². The van der Waals surface area contributed by atoms with Crippen LogP contribution in [0.25, 0.3) is 16.7 Å². The van der Waals surface area contributed by atoms with Crippen LogP contribution in [0.2, 0.25) is 0 Å². The molecule has 1 unspecified atom stereocenters. The number of carbonyl (C=O) groups excluding carboxylic acids is 2. The van der Waals surface area contributed by atoms with Crippen LogP contribution < -0.4 is 19.7 Å². The zero-order chi connectivity index (χ0) is 22.4. The highest BCUT2D eigenvalue weighted by molar-refractivity contribution is 6.03. The third kappa shape index (κ3) is 3.45. The van der Waals surface area contributed by atoms with Gasteiger partial charge in [-0.1, -0.05) is 12.1 Å². The summed E-state index contributed by atoms with van der Waals surface area (Å²) in [5, 5.41) is 2.94. The van der Waals surface area contributed by atoms with E-state index < -0.39 is 5.92 Å². The highest BCUT2D eigenvalue weighted by atomic mass is 16.7. The molecule has 1 N–H and O–H groups in total. The molecule has 8 heteroatoms. The fourth-order valence-electron chi connectivity index (χ4n) is 4.30. The summed E-state index contributed by atoms with van der Waals surface area (Å²) in [6.45, 7) is 0.497. The Morgan fingerprint density at radius 3 is 2.64 bits per heavy atom. The van der Waals surface area contributed by atoms with Crippen molar-refractivity contribution in [1.29, 1.82) is 0 Å². The number of benzene rings is 3. The van der Waals surface area contributed by atoms with Crippen LogP contribution in [0, 0.1) is 5.92 Å². The minimum absolute atomic E-state index is 0.0867. The number of anilines is 2. The van der Waals surface area contributed by atoms with Crippen molar-refractivity contribution in [2.45, 2.75) is 6.42 Å². The lowest BCUT2D eigenvalue weighted by Gasteiger charge is -2.17. The van der Waals surface area contributed by atoms with Crippen molar-refractivity contribution in [3.63, 3.8) is 0 Å². The van der Waals surface area contributed by atoms with Gasteiger partial charge in [-0.05, 0) is 48.5 Å². The Labute approximate surface area is 189 Å². The van der Waals surface area contributed by atoms with Gasteiger partial charge in [0.2, 0.25) is 18.6 Å². The monoisotopic (exact) mass is 440 g/mol. The molecule has 6 rings (SSSR count). The Morgan fingerprint density at radius 2 is 1.76 bits per heavy atom. The van der Waals surface area contributed by atoms with E-state index in [0.29, 0.717) is 29.4 Å². The summed E-state index contributed by atoms with van der Waals surface area (Å²) >= 11 is 0. The summed E-state index contributed by atoms with van der Waals surface area (Å²) in [6, 6.07) is 20.9. The van der Waals surface area contributed by atoms with Crippen LogP contribution in [0.3, 0.4) is 0 Å². The molecule has 0 bridgehead atoms. The normalized spacial score (nSPS) is 17.0. The molecule has 0 spiro atoms. The summed E-state index contributed by atoms with van der Waals surface area (Å²) in [6.07, 6.45) is 1.95. The highest BCUT2D eigenvalue weighted by Crippen LogP contribution is 2.37. The number of aromatic nitrogens is 2. The lowest BCUT2D eigenvalue weighted by Crippen LogP contribution is -2.28. The summed E-state index contributed by atoms with van der Waals surface area (Å²) < 4.78 is 12.7. The van der Waals surface area contributed by atoms with Gasteiger partial charge in [-0.15, -0.1) is 0 Å². The zero-order valence-corrected chi connectivity index (χ0v) is 17.6. The molecule has 1 aromatic heterocycles. The molecular weight excluding hydrogens is 420 g/mol. The molecule has 4 aromatic rings. The number of amides is 2. The van der Waals surface area contributed by atoms with Gasteiger partial charge in [-0.3, -0.25) is 14.2 Å². The topological polar surface area (TPSA) is 85.7 Å². The van der Waals surface area contributed by atoms with Gasteiger partial charge < -0.3 is 19.7 Å². The first-order chi connectivity index (χ1) is 16.2. The van der Waals surface area contributed by atoms with Gasteiger partial charge >= 0.3 is 0 Å². The molecule has 2 aliphatic rings. The molecule has 2 amide bonds. The maximum atomic E-state index is 12.9. The van der Waals surface area contributed by atoms with Crippen molar-refractivity contribution in [2.75, 3.05) is 23.6 Å². The molecule has 3 aromatic carbocycles. The van der Waals surface area contributed by atoms with E-state index in [0.717, 1.165) is 16.7 Å². The summed E-state index contributed by atoms with van der Waals surface area (Å²) in [5.74, 6) is 0.578. The van der Waals surface area contributed by atoms with E-state index in [4.69, 9.17) is 9.47 Å². The Bertz CT molecular complexity index is 1380. The second-order valence-electron chi connectivity index (χ2n) is 8.08. The fourth-order valence-corrected chi connectivity index (χ4v) is 4.30. The van der Waals surface area contributed by atoms with E-state index >= 15 is 0 Å². The van der Waals surface area contributed by atoms with Gasteiger partial charge in [0, 0.05) is 36.1 Å². The van der Waals surface area contributed by atoms with E-state index in [-0.39, 0.29) is 25.0 Å². The fraction of sp³-hybridized carbons (Fsp3) is 0.160. The van der Waals surface area contributed by atoms with Gasteiger partial charge in [-0.25, -0.2) is 4.98 Å². The largest absolute Gasteiger partial charge is 0.454 e. The number of carbonyl (C=O) groups is 2. The van der Waals surface area contributed by atoms with E-state index in [1.165, 1.54) is 0 Å². The molecule has 1 fully saturated rings. The van der Waals surface area contributed by atoms with Crippen LogP contribution in [0.5, 0.6) is 11.5 Å². The summed E-state index contributed by atoms with van der Waals surface area (Å²) in [7, 11) is 0. The predicted molar refractivity (Wildman–Crippen MR) is 123 cm³/mol. The third-order valence-corrected chi connectivity index (χ3v) is 6.03. The molecule has 3 heterocycles. The van der Waals surface area contributed by atoms with E-state index in [1.807, 2.05) is 59.2 Å². The Morgan fingerprint density at radius 1 is 0.970 bits per heavy atom. The summed E-state index contributed by atoms with van der Waals surface area (Å²) in [4.78, 5) is 31.5. The number of nitrogens with one attached hydrogen (secondary N) is 1. The molecule has 1 saturated heterocycles. The number of para-hydroxylation sites is 2. The molecule has 33 heavy (non-hydrogen) atoms. The van der Waals surface area contributed by atoms with Gasteiger partial charge in [0.25, 0.3) is 0 Å². The number of nitrogens with zero attached hydrogens (tertiary/aromatic N) is 3. The SMILES string of the molecule is O=C(Nc1ccc(-n2cnc3ccccc32)cc1)C1CC(=O)N(c2ccc3c(c2)OCO3)C1. The van der Waals surface area contributed by atoms with E-state index in [2.05, 4.69) is 10.3 Å². The van der Waals surface area contributed by atoms with Crippen LogP contribution in [-0.4, -0.2) is 34.7 Å². The second-order valence-corrected chi connectivity index (χ2v) is 8.08. The molecule has 0 radical (unpaired) electrons. The Balaban J connectivity index is 1.14. The molecule has 8 nitrogen and oxygen atoms in total. The van der Waals surface area contributed by atoms with Gasteiger partial charge in [0.15, 0.2) is 11.5 Å². The molecule has 1 atom stereocenters. The van der Waals surface area contributed by atoms with Crippen molar-refractivity contribution in [2.24, 2.45) is 5.92 Å². The number of rotatable bonds is 4. The van der Waals surface area contributed by atoms with Crippen molar-refractivity contribution in [1.82, 2.24) is 9.55 Å². The standard InChI is InChI=1S/C25H20N4O4/c30-24-11-16(13-28(24)19-9-10-22-23(12-19)33-15-32-22)25(31)27-17-5-7-18(8-6-17)29-14-26-20-3-1-2-4-21(20)29/h1-10,12,14,16H,11,13,15H2,(H,27,31). The van der Waals surface area contributed by atoms with Gasteiger partial charge in [0.1, 0.15) is 6.33 Å². The van der Waals surface area contributed by atoms with E-state index in [9.17, 15) is 9.59 Å². The first kappa shape index (κ1) is 19.4. The maximum absolute atomic E-state index is 12.9.